The van der Waals surface area contributed by atoms with Gasteiger partial charge in [0, 0.05) is 50.1 Å². The van der Waals surface area contributed by atoms with Gasteiger partial charge in [0.05, 0.1) is 6.54 Å². The fourth-order valence-electron chi connectivity index (χ4n) is 4.34. The molecule has 4 rings (SSSR count). The van der Waals surface area contributed by atoms with Crippen LogP contribution in [0.2, 0.25) is 0 Å². The predicted molar refractivity (Wildman–Crippen MR) is 128 cm³/mol. The summed E-state index contributed by atoms with van der Waals surface area (Å²) < 4.78 is 5.26. The Morgan fingerprint density at radius 1 is 1.09 bits per heavy atom. The molecule has 3 heterocycles. The highest BCUT2D eigenvalue weighted by Gasteiger charge is 2.34. The molecule has 0 saturated carbocycles. The van der Waals surface area contributed by atoms with Gasteiger partial charge in [-0.05, 0) is 51.7 Å². The van der Waals surface area contributed by atoms with Crippen molar-refractivity contribution >= 4 is 28.8 Å². The molecule has 1 unspecified atom stereocenters. The highest BCUT2D eigenvalue weighted by Crippen LogP contribution is 2.30. The molecule has 2 aliphatic heterocycles. The van der Waals surface area contributed by atoms with E-state index in [4.69, 9.17) is 4.74 Å². The third-order valence-electron chi connectivity index (χ3n) is 5.97. The number of H-pyrrole nitrogens is 1. The third-order valence-corrected chi connectivity index (χ3v) is 5.97. The van der Waals surface area contributed by atoms with Crippen LogP contribution < -0.4 is 5.32 Å². The minimum Gasteiger partial charge on any atom is -0.444 e. The number of likely N-dealkylation sites (tertiary alicyclic amines) is 1. The van der Waals surface area contributed by atoms with Gasteiger partial charge in [-0.3, -0.25) is 9.59 Å². The second-order valence-electron chi connectivity index (χ2n) is 9.64. The van der Waals surface area contributed by atoms with E-state index in [1.165, 1.54) is 13.3 Å². The number of rotatable bonds is 1. The Morgan fingerprint density at radius 2 is 1.76 bits per heavy atom. The van der Waals surface area contributed by atoms with Crippen LogP contribution in [-0.2, 0) is 27.3 Å². The first-order valence-corrected chi connectivity index (χ1v) is 11.7. The van der Waals surface area contributed by atoms with E-state index in [1.54, 1.807) is 16.8 Å². The van der Waals surface area contributed by atoms with Gasteiger partial charge in [0.1, 0.15) is 11.6 Å². The molecule has 0 bridgehead atoms. The number of para-hydroxylation sites is 1. The minimum absolute atomic E-state index is 0.0806. The van der Waals surface area contributed by atoms with Gasteiger partial charge in [-0.15, -0.1) is 0 Å². The topological polar surface area (TPSA) is 94.7 Å². The molecule has 1 saturated heterocycles. The summed E-state index contributed by atoms with van der Waals surface area (Å²) in [5, 5.41) is 3.79. The number of hydrogen-bond acceptors (Lipinski definition) is 4. The molecule has 2 N–H and O–H groups in total. The zero-order chi connectivity index (χ0) is 24.2. The van der Waals surface area contributed by atoms with Gasteiger partial charge < -0.3 is 24.8 Å². The lowest BCUT2D eigenvalue weighted by Crippen LogP contribution is -2.51. The zero-order valence-corrected chi connectivity index (χ0v) is 20.4. The van der Waals surface area contributed by atoms with Crippen molar-refractivity contribution < 1.29 is 19.1 Å². The van der Waals surface area contributed by atoms with Crippen molar-refractivity contribution in [1.82, 2.24) is 20.1 Å². The molecule has 3 amide bonds. The lowest BCUT2D eigenvalue weighted by atomic mass is 9.96. The summed E-state index contributed by atoms with van der Waals surface area (Å²) in [6, 6.07) is 7.60. The maximum absolute atomic E-state index is 12.0. The SMILES string of the molecule is CC(C)(C)OC(=O)N1CCCCC1.CNC(=O)C1Cc2c([nH]c3ccccc23)CN1C(C)=O. The fourth-order valence-corrected chi connectivity index (χ4v) is 4.34. The molecule has 1 aromatic heterocycles. The van der Waals surface area contributed by atoms with E-state index < -0.39 is 6.04 Å². The first kappa shape index (κ1) is 24.6. The second kappa shape index (κ2) is 10.3. The molecular weight excluding hydrogens is 420 g/mol. The van der Waals surface area contributed by atoms with Gasteiger partial charge in [-0.2, -0.15) is 0 Å². The van der Waals surface area contributed by atoms with E-state index in [9.17, 15) is 14.4 Å². The number of benzene rings is 1. The van der Waals surface area contributed by atoms with Crippen molar-refractivity contribution in [3.05, 3.63) is 35.5 Å². The molecule has 2 aromatic rings. The lowest BCUT2D eigenvalue weighted by molar-refractivity contribution is -0.140. The molecule has 0 spiro atoms. The summed E-state index contributed by atoms with van der Waals surface area (Å²) in [4.78, 5) is 42.1. The first-order valence-electron chi connectivity index (χ1n) is 11.7. The van der Waals surface area contributed by atoms with Crippen LogP contribution in [0.5, 0.6) is 0 Å². The van der Waals surface area contributed by atoms with Crippen molar-refractivity contribution in [2.24, 2.45) is 0 Å². The maximum Gasteiger partial charge on any atom is 0.410 e. The molecule has 1 atom stereocenters. The van der Waals surface area contributed by atoms with Gasteiger partial charge in [-0.1, -0.05) is 18.2 Å². The van der Waals surface area contributed by atoms with Gasteiger partial charge >= 0.3 is 6.09 Å². The van der Waals surface area contributed by atoms with E-state index in [2.05, 4.69) is 16.4 Å². The monoisotopic (exact) mass is 456 g/mol. The first-order chi connectivity index (χ1) is 15.6. The highest BCUT2D eigenvalue weighted by atomic mass is 16.6. The number of carbonyl (C=O) groups excluding carboxylic acids is 3. The molecule has 1 fully saturated rings. The Hall–Kier alpha value is -3.03. The standard InChI is InChI=1S/C15H17N3O2.C10H19NO2/c1-9(19)18-8-13-11(7-14(18)15(20)16-2)10-5-3-4-6-12(10)17-13;1-10(2,3)13-9(12)11-7-5-4-6-8-11/h3-6,14,17H,7-8H2,1-2H3,(H,16,20);4-8H2,1-3H3. The average molecular weight is 457 g/mol. The van der Waals surface area contributed by atoms with Crippen LogP contribution in [0.25, 0.3) is 10.9 Å². The third kappa shape index (κ3) is 6.06. The Balaban J connectivity index is 0.000000205. The van der Waals surface area contributed by atoms with Crippen LogP contribution in [0.3, 0.4) is 0 Å². The number of amides is 3. The van der Waals surface area contributed by atoms with E-state index in [0.29, 0.717) is 13.0 Å². The predicted octanol–water partition coefficient (Wildman–Crippen LogP) is 3.59. The van der Waals surface area contributed by atoms with E-state index in [-0.39, 0.29) is 23.5 Å². The Morgan fingerprint density at radius 3 is 2.36 bits per heavy atom. The van der Waals surface area contributed by atoms with Crippen LogP contribution in [0.4, 0.5) is 4.79 Å². The number of aromatic amines is 1. The van der Waals surface area contributed by atoms with Crippen molar-refractivity contribution in [3.63, 3.8) is 0 Å². The van der Waals surface area contributed by atoms with Gasteiger partial charge in [-0.25, -0.2) is 4.79 Å². The minimum atomic E-state index is -0.427. The van der Waals surface area contributed by atoms with Crippen LogP contribution in [0.15, 0.2) is 24.3 Å². The second-order valence-corrected chi connectivity index (χ2v) is 9.64. The van der Waals surface area contributed by atoms with E-state index >= 15 is 0 Å². The number of likely N-dealkylation sites (N-methyl/N-ethyl adjacent to an activating group) is 1. The normalized spacial score (nSPS) is 18.2. The summed E-state index contributed by atoms with van der Waals surface area (Å²) in [5.74, 6) is -0.195. The number of nitrogens with zero attached hydrogens (tertiary/aromatic N) is 2. The molecule has 8 nitrogen and oxygen atoms in total. The lowest BCUT2D eigenvalue weighted by Gasteiger charge is -2.33. The average Bonchev–Trinajstić information content (AvgIpc) is 3.15. The number of carbonyl (C=O) groups is 3. The Bertz CT molecular complexity index is 1000. The van der Waals surface area contributed by atoms with E-state index in [0.717, 1.165) is 48.1 Å². The molecule has 180 valence electrons. The quantitative estimate of drug-likeness (QED) is 0.686. The number of hydrogen-bond donors (Lipinski definition) is 2. The van der Waals surface area contributed by atoms with Gasteiger partial charge in [0.2, 0.25) is 11.8 Å². The highest BCUT2D eigenvalue weighted by molar-refractivity contribution is 5.91. The Kier molecular flexibility index (Phi) is 7.66. The summed E-state index contributed by atoms with van der Waals surface area (Å²) >= 11 is 0. The number of fused-ring (bicyclic) bond motifs is 3. The van der Waals surface area contributed by atoms with Gasteiger partial charge in [0.25, 0.3) is 0 Å². The smallest absolute Gasteiger partial charge is 0.410 e. The van der Waals surface area contributed by atoms with Crippen molar-refractivity contribution in [2.75, 3.05) is 20.1 Å². The molecular formula is C25H36N4O4. The fraction of sp³-hybridized carbons (Fsp3) is 0.560. The number of piperidine rings is 1. The maximum atomic E-state index is 12.0. The number of aromatic nitrogens is 1. The van der Waals surface area contributed by atoms with Crippen molar-refractivity contribution in [1.29, 1.82) is 0 Å². The Labute approximate surface area is 195 Å². The van der Waals surface area contributed by atoms with Crippen LogP contribution in [0, 0.1) is 0 Å². The number of ether oxygens (including phenoxy) is 1. The molecule has 0 radical (unpaired) electrons. The molecule has 1 aromatic carbocycles. The summed E-state index contributed by atoms with van der Waals surface area (Å²) in [7, 11) is 1.60. The van der Waals surface area contributed by atoms with Crippen LogP contribution >= 0.6 is 0 Å². The van der Waals surface area contributed by atoms with Crippen LogP contribution in [-0.4, -0.2) is 64.5 Å². The summed E-state index contributed by atoms with van der Waals surface area (Å²) in [6.45, 7) is 9.36. The summed E-state index contributed by atoms with van der Waals surface area (Å²) in [6.07, 6.45) is 3.85. The number of nitrogens with one attached hydrogen (secondary N) is 2. The molecule has 8 heteroatoms. The van der Waals surface area contributed by atoms with Crippen molar-refractivity contribution in [2.45, 2.75) is 71.6 Å². The molecule has 33 heavy (non-hydrogen) atoms. The zero-order valence-electron chi connectivity index (χ0n) is 20.4. The summed E-state index contributed by atoms with van der Waals surface area (Å²) in [5.41, 5.74) is 2.86. The van der Waals surface area contributed by atoms with Crippen LogP contribution in [0.1, 0.15) is 58.2 Å². The molecule has 2 aliphatic rings. The van der Waals surface area contributed by atoms with Crippen molar-refractivity contribution in [3.8, 4) is 0 Å². The van der Waals surface area contributed by atoms with Gasteiger partial charge in [0.15, 0.2) is 0 Å². The van der Waals surface area contributed by atoms with E-state index in [1.807, 2.05) is 39.0 Å². The largest absolute Gasteiger partial charge is 0.444 e. The molecule has 0 aliphatic carbocycles.